The molecule has 0 saturated heterocycles. The van der Waals surface area contributed by atoms with Crippen molar-refractivity contribution in [2.45, 2.75) is 26.7 Å². The molecule has 0 aliphatic heterocycles. The van der Waals surface area contributed by atoms with Gasteiger partial charge in [0.2, 0.25) is 0 Å². The van der Waals surface area contributed by atoms with Crippen LogP contribution in [0.3, 0.4) is 0 Å². The predicted octanol–water partition coefficient (Wildman–Crippen LogP) is 3.90. The van der Waals surface area contributed by atoms with Crippen molar-refractivity contribution in [3.63, 3.8) is 0 Å². The van der Waals surface area contributed by atoms with Crippen molar-refractivity contribution >= 4 is 5.97 Å². The average Bonchev–Trinajstić information content (AvgIpc) is 2.46. The van der Waals surface area contributed by atoms with Crippen molar-refractivity contribution in [3.8, 4) is 11.4 Å². The molecule has 2 rings (SSSR count). The number of aromatic carboxylic acids is 1. The van der Waals surface area contributed by atoms with Gasteiger partial charge in [-0.2, -0.15) is 0 Å². The summed E-state index contributed by atoms with van der Waals surface area (Å²) in [6, 6.07) is 5.72. The summed E-state index contributed by atoms with van der Waals surface area (Å²) in [6.07, 6.45) is 1.22. The first-order valence-corrected chi connectivity index (χ1v) is 6.79. The molecule has 0 radical (unpaired) electrons. The smallest absolute Gasteiger partial charge is 0.339 e. The van der Waals surface area contributed by atoms with Crippen molar-refractivity contribution in [1.82, 2.24) is 9.97 Å². The van der Waals surface area contributed by atoms with Gasteiger partial charge >= 0.3 is 5.97 Å². The van der Waals surface area contributed by atoms with Crippen LogP contribution in [0.2, 0.25) is 0 Å². The van der Waals surface area contributed by atoms with Crippen LogP contribution in [0.25, 0.3) is 11.4 Å². The molecule has 0 aliphatic carbocycles. The summed E-state index contributed by atoms with van der Waals surface area (Å²) in [7, 11) is 0. The van der Waals surface area contributed by atoms with Crippen molar-refractivity contribution in [2.24, 2.45) is 5.92 Å². The van der Waals surface area contributed by atoms with Gasteiger partial charge in [0, 0.05) is 23.2 Å². The van der Waals surface area contributed by atoms with Crippen LogP contribution in [0.1, 0.15) is 35.5 Å². The van der Waals surface area contributed by atoms with Gasteiger partial charge in [-0.1, -0.05) is 38.1 Å². The van der Waals surface area contributed by atoms with Crippen LogP contribution >= 0.6 is 0 Å². The molecule has 2 aromatic rings. The first-order valence-electron chi connectivity index (χ1n) is 6.79. The number of aryl methyl sites for hydroxylation is 1. The molecule has 0 aliphatic rings. The summed E-state index contributed by atoms with van der Waals surface area (Å²) in [5.41, 5.74) is 0.842. The van der Waals surface area contributed by atoms with E-state index in [0.29, 0.717) is 17.1 Å². The zero-order valence-electron chi connectivity index (χ0n) is 12.5. The number of carboxylic acid groups (broad SMARTS) is 1. The van der Waals surface area contributed by atoms with Gasteiger partial charge in [0.15, 0.2) is 5.82 Å². The molecule has 1 N–H and O–H groups in total. The Morgan fingerprint density at radius 3 is 2.27 bits per heavy atom. The van der Waals surface area contributed by atoms with Gasteiger partial charge in [0.25, 0.3) is 5.92 Å². The fraction of sp³-hybridized carbons (Fsp3) is 0.312. The number of hydrogen-bond donors (Lipinski definition) is 1. The second-order valence-electron chi connectivity index (χ2n) is 5.35. The normalized spacial score (nSPS) is 11.7. The van der Waals surface area contributed by atoms with E-state index in [1.54, 1.807) is 6.92 Å². The number of alkyl halides is 2. The van der Waals surface area contributed by atoms with Crippen LogP contribution in [-0.2, 0) is 5.92 Å². The quantitative estimate of drug-likeness (QED) is 0.930. The minimum absolute atomic E-state index is 0.0201. The summed E-state index contributed by atoms with van der Waals surface area (Å²) >= 11 is 0. The van der Waals surface area contributed by atoms with E-state index >= 15 is 0 Å². The molecule has 0 atom stereocenters. The Kier molecular flexibility index (Phi) is 4.21. The molecule has 6 heteroatoms. The fourth-order valence-electron chi connectivity index (χ4n) is 1.99. The minimum Gasteiger partial charge on any atom is -0.478 e. The fourth-order valence-corrected chi connectivity index (χ4v) is 1.99. The van der Waals surface area contributed by atoms with Gasteiger partial charge in [-0.05, 0) is 6.92 Å². The lowest BCUT2D eigenvalue weighted by Crippen LogP contribution is -2.20. The summed E-state index contributed by atoms with van der Waals surface area (Å²) in [5.74, 6) is -4.49. The SMILES string of the molecule is Cc1nc(-c2ccc(C(F)(F)C(C)C)cc2)ncc1C(=O)O. The van der Waals surface area contributed by atoms with E-state index in [-0.39, 0.29) is 11.1 Å². The zero-order chi connectivity index (χ0) is 16.5. The molecular formula is C16H16F2N2O2. The third kappa shape index (κ3) is 2.95. The highest BCUT2D eigenvalue weighted by molar-refractivity contribution is 5.88. The zero-order valence-corrected chi connectivity index (χ0v) is 12.5. The predicted molar refractivity (Wildman–Crippen MR) is 77.9 cm³/mol. The highest BCUT2D eigenvalue weighted by Gasteiger charge is 2.35. The van der Waals surface area contributed by atoms with Crippen LogP contribution in [0.5, 0.6) is 0 Å². The minimum atomic E-state index is -2.90. The van der Waals surface area contributed by atoms with E-state index in [4.69, 9.17) is 5.11 Å². The summed E-state index contributed by atoms with van der Waals surface area (Å²) in [5, 5.41) is 8.94. The van der Waals surface area contributed by atoms with Crippen molar-refractivity contribution in [2.75, 3.05) is 0 Å². The highest BCUT2D eigenvalue weighted by atomic mass is 19.3. The molecule has 0 unspecified atom stereocenters. The maximum Gasteiger partial charge on any atom is 0.339 e. The number of aromatic nitrogens is 2. The molecule has 0 fully saturated rings. The van der Waals surface area contributed by atoms with Crippen LogP contribution in [0.4, 0.5) is 8.78 Å². The molecule has 1 heterocycles. The van der Waals surface area contributed by atoms with Crippen molar-refractivity contribution in [3.05, 3.63) is 47.3 Å². The van der Waals surface area contributed by atoms with Crippen LogP contribution < -0.4 is 0 Å². The molecule has 1 aromatic carbocycles. The molecule has 0 spiro atoms. The van der Waals surface area contributed by atoms with Gasteiger partial charge in [0.1, 0.15) is 0 Å². The van der Waals surface area contributed by atoms with E-state index < -0.39 is 17.8 Å². The van der Waals surface area contributed by atoms with E-state index in [9.17, 15) is 13.6 Å². The van der Waals surface area contributed by atoms with E-state index in [2.05, 4.69) is 9.97 Å². The first kappa shape index (κ1) is 16.0. The van der Waals surface area contributed by atoms with E-state index in [1.807, 2.05) is 0 Å². The molecule has 22 heavy (non-hydrogen) atoms. The summed E-state index contributed by atoms with van der Waals surface area (Å²) in [4.78, 5) is 19.0. The number of carbonyl (C=O) groups is 1. The molecule has 1 aromatic heterocycles. The Bertz CT molecular complexity index is 698. The Morgan fingerprint density at radius 2 is 1.82 bits per heavy atom. The lowest BCUT2D eigenvalue weighted by molar-refractivity contribution is -0.0513. The maximum absolute atomic E-state index is 13.9. The third-order valence-electron chi connectivity index (χ3n) is 3.46. The van der Waals surface area contributed by atoms with Crippen molar-refractivity contribution in [1.29, 1.82) is 0 Å². The Balaban J connectivity index is 2.35. The molecule has 116 valence electrons. The summed E-state index contributed by atoms with van der Waals surface area (Å²) in [6.45, 7) is 4.49. The number of hydrogen-bond acceptors (Lipinski definition) is 3. The van der Waals surface area contributed by atoms with Gasteiger partial charge in [0.05, 0.1) is 11.3 Å². The standard InChI is InChI=1S/C16H16F2N2O2/c1-9(2)16(17,18)12-6-4-11(5-7-12)14-19-8-13(15(21)22)10(3)20-14/h4-9H,1-3H3,(H,21,22). The number of halogens is 2. The van der Waals surface area contributed by atoms with Gasteiger partial charge in [-0.25, -0.2) is 23.5 Å². The highest BCUT2D eigenvalue weighted by Crippen LogP contribution is 2.36. The average molecular weight is 306 g/mol. The Hall–Kier alpha value is -2.37. The lowest BCUT2D eigenvalue weighted by atomic mass is 9.97. The monoisotopic (exact) mass is 306 g/mol. The topological polar surface area (TPSA) is 63.1 Å². The lowest BCUT2D eigenvalue weighted by Gasteiger charge is -2.20. The largest absolute Gasteiger partial charge is 0.478 e. The number of nitrogens with zero attached hydrogens (tertiary/aromatic N) is 2. The number of rotatable bonds is 4. The van der Waals surface area contributed by atoms with Gasteiger partial charge < -0.3 is 5.11 Å². The molecule has 0 saturated carbocycles. The van der Waals surface area contributed by atoms with Crippen LogP contribution in [-0.4, -0.2) is 21.0 Å². The first-order chi connectivity index (χ1) is 10.2. The van der Waals surface area contributed by atoms with E-state index in [1.165, 1.54) is 44.3 Å². The van der Waals surface area contributed by atoms with Crippen LogP contribution in [0.15, 0.2) is 30.5 Å². The van der Waals surface area contributed by atoms with Crippen LogP contribution in [0, 0.1) is 12.8 Å². The number of benzene rings is 1. The second kappa shape index (κ2) is 5.79. The third-order valence-corrected chi connectivity index (χ3v) is 3.46. The molecule has 4 nitrogen and oxygen atoms in total. The number of carboxylic acids is 1. The van der Waals surface area contributed by atoms with Gasteiger partial charge in [-0.15, -0.1) is 0 Å². The molecule has 0 amide bonds. The van der Waals surface area contributed by atoms with E-state index in [0.717, 1.165) is 0 Å². The maximum atomic E-state index is 13.9. The Morgan fingerprint density at radius 1 is 1.23 bits per heavy atom. The second-order valence-corrected chi connectivity index (χ2v) is 5.35. The Labute approximate surface area is 126 Å². The van der Waals surface area contributed by atoms with Crippen molar-refractivity contribution < 1.29 is 18.7 Å². The molecule has 0 bridgehead atoms. The molecular weight excluding hydrogens is 290 g/mol. The van der Waals surface area contributed by atoms with Gasteiger partial charge in [-0.3, -0.25) is 0 Å². The summed E-state index contributed by atoms with van der Waals surface area (Å²) < 4.78 is 27.8.